The normalized spacial score (nSPS) is 12.1. The number of carboxylic acid groups (broad SMARTS) is 1. The van der Waals surface area contributed by atoms with Crippen molar-refractivity contribution in [1.82, 2.24) is 9.88 Å². The summed E-state index contributed by atoms with van der Waals surface area (Å²) in [6, 6.07) is 9.98. The zero-order valence-electron chi connectivity index (χ0n) is 14.2. The zero-order chi connectivity index (χ0) is 19.7. The highest BCUT2D eigenvalue weighted by Crippen LogP contribution is 2.30. The van der Waals surface area contributed by atoms with Gasteiger partial charge in [0.25, 0.3) is 5.91 Å². The van der Waals surface area contributed by atoms with Gasteiger partial charge in [-0.05, 0) is 45.8 Å². The number of carboxylic acids is 1. The number of amides is 1. The van der Waals surface area contributed by atoms with Gasteiger partial charge in [-0.3, -0.25) is 4.79 Å². The largest absolute Gasteiger partial charge is 0.480 e. The lowest BCUT2D eigenvalue weighted by molar-refractivity contribution is -0.139. The molecule has 2 N–H and O–H groups in total. The predicted octanol–water partition coefficient (Wildman–Crippen LogP) is 4.16. The van der Waals surface area contributed by atoms with E-state index in [1.807, 2.05) is 24.3 Å². The van der Waals surface area contributed by atoms with Crippen LogP contribution in [0.25, 0.3) is 10.9 Å². The van der Waals surface area contributed by atoms with Crippen LogP contribution in [0.4, 0.5) is 4.39 Å². The van der Waals surface area contributed by atoms with E-state index in [-0.39, 0.29) is 17.7 Å². The lowest BCUT2D eigenvalue weighted by atomic mass is 10.1. The number of carbonyl (C=O) groups is 2. The van der Waals surface area contributed by atoms with Gasteiger partial charge in [-0.2, -0.15) is 0 Å². The van der Waals surface area contributed by atoms with Gasteiger partial charge in [0.05, 0.1) is 4.47 Å². The molecule has 5 nitrogen and oxygen atoms in total. The molecule has 0 bridgehead atoms. The Morgan fingerprint density at radius 2 is 2.00 bits per heavy atom. The number of nitrogens with zero attached hydrogens (tertiary/aromatic N) is 1. The van der Waals surface area contributed by atoms with E-state index in [2.05, 4.69) is 21.2 Å². The fourth-order valence-corrected chi connectivity index (χ4v) is 3.92. The number of nitrogens with one attached hydrogen (secondary N) is 1. The van der Waals surface area contributed by atoms with Crippen LogP contribution in [0.2, 0.25) is 5.02 Å². The Labute approximate surface area is 167 Å². The fraction of sp³-hybridized carbons (Fsp3) is 0.158. The van der Waals surface area contributed by atoms with Gasteiger partial charge in [0.15, 0.2) is 0 Å². The third kappa shape index (κ3) is 3.84. The first-order valence-corrected chi connectivity index (χ1v) is 9.17. The average molecular weight is 454 g/mol. The molecule has 3 rings (SSSR count). The number of benzene rings is 2. The lowest BCUT2D eigenvalue weighted by Gasteiger charge is -2.16. The highest BCUT2D eigenvalue weighted by atomic mass is 79.9. The molecule has 0 fully saturated rings. The number of hydrogen-bond donors (Lipinski definition) is 2. The van der Waals surface area contributed by atoms with Crippen molar-refractivity contribution in [3.8, 4) is 0 Å². The molecule has 140 valence electrons. The van der Waals surface area contributed by atoms with E-state index in [9.17, 15) is 19.1 Å². The van der Waals surface area contributed by atoms with Gasteiger partial charge in [-0.1, -0.05) is 29.8 Å². The van der Waals surface area contributed by atoms with Crippen LogP contribution in [-0.4, -0.2) is 27.6 Å². The number of halogens is 3. The summed E-state index contributed by atoms with van der Waals surface area (Å²) in [6.07, 6.45) is -0.227. The molecule has 0 radical (unpaired) electrons. The van der Waals surface area contributed by atoms with E-state index in [4.69, 9.17) is 11.6 Å². The van der Waals surface area contributed by atoms with Crippen LogP contribution in [-0.2, 0) is 18.3 Å². The van der Waals surface area contributed by atoms with Gasteiger partial charge >= 0.3 is 5.97 Å². The van der Waals surface area contributed by atoms with Crippen LogP contribution < -0.4 is 5.32 Å². The SMILES string of the molecule is Cn1c(C(=O)N[C@@H](Cc2cc(Cl)ccc2F)C(=O)O)c(Br)c2ccccc21. The third-order valence-corrected chi connectivity index (χ3v) is 5.33. The molecular formula is C19H15BrClFN2O3. The quantitative estimate of drug-likeness (QED) is 0.609. The van der Waals surface area contributed by atoms with Crippen molar-refractivity contribution in [3.63, 3.8) is 0 Å². The number of aryl methyl sites for hydroxylation is 1. The van der Waals surface area contributed by atoms with E-state index in [0.717, 1.165) is 10.9 Å². The van der Waals surface area contributed by atoms with Crippen LogP contribution in [0.3, 0.4) is 0 Å². The van der Waals surface area contributed by atoms with Crippen LogP contribution in [0.15, 0.2) is 46.9 Å². The summed E-state index contributed by atoms with van der Waals surface area (Å²) >= 11 is 9.27. The Balaban J connectivity index is 1.90. The number of rotatable bonds is 5. The molecule has 1 aromatic heterocycles. The van der Waals surface area contributed by atoms with Gasteiger partial charge < -0.3 is 15.0 Å². The zero-order valence-corrected chi connectivity index (χ0v) is 16.5. The van der Waals surface area contributed by atoms with Gasteiger partial charge in [0.2, 0.25) is 0 Å². The molecule has 0 saturated heterocycles. The summed E-state index contributed by atoms with van der Waals surface area (Å²) in [5, 5.41) is 13.1. The Kier molecular flexibility index (Phi) is 5.53. The molecule has 27 heavy (non-hydrogen) atoms. The first kappa shape index (κ1) is 19.4. The number of para-hydroxylation sites is 1. The maximum atomic E-state index is 13.9. The third-order valence-electron chi connectivity index (χ3n) is 4.30. The summed E-state index contributed by atoms with van der Waals surface area (Å²) in [4.78, 5) is 24.4. The molecule has 0 aliphatic heterocycles. The standard InChI is InChI=1S/C19H15BrClFN2O3/c1-24-15-5-3-2-4-12(15)16(20)17(24)18(25)23-14(19(26)27)9-10-8-11(21)6-7-13(10)22/h2-8,14H,9H2,1H3,(H,23,25)(H,26,27)/t14-/m0/s1. The van der Waals surface area contributed by atoms with Gasteiger partial charge in [-0.25, -0.2) is 9.18 Å². The number of carbonyl (C=O) groups excluding carboxylic acids is 1. The lowest BCUT2D eigenvalue weighted by Crippen LogP contribution is -2.43. The minimum atomic E-state index is -1.31. The topological polar surface area (TPSA) is 71.3 Å². The number of hydrogen-bond acceptors (Lipinski definition) is 2. The molecule has 2 aromatic carbocycles. The molecule has 8 heteroatoms. The Bertz CT molecular complexity index is 1010. The van der Waals surface area contributed by atoms with E-state index in [0.29, 0.717) is 9.50 Å². The Hall–Kier alpha value is -2.38. The molecule has 0 unspecified atom stereocenters. The van der Waals surface area contributed by atoms with Crippen molar-refractivity contribution < 1.29 is 19.1 Å². The molecule has 0 spiro atoms. The summed E-state index contributed by atoms with van der Waals surface area (Å²) in [6.45, 7) is 0. The highest BCUT2D eigenvalue weighted by Gasteiger charge is 2.26. The highest BCUT2D eigenvalue weighted by molar-refractivity contribution is 9.10. The molecule has 1 atom stereocenters. The minimum Gasteiger partial charge on any atom is -0.480 e. The van der Waals surface area contributed by atoms with Gasteiger partial charge in [-0.15, -0.1) is 0 Å². The number of fused-ring (bicyclic) bond motifs is 1. The first-order chi connectivity index (χ1) is 12.8. The first-order valence-electron chi connectivity index (χ1n) is 8.00. The molecule has 0 saturated carbocycles. The molecule has 1 heterocycles. The average Bonchev–Trinajstić information content (AvgIpc) is 2.88. The van der Waals surface area contributed by atoms with Crippen molar-refractivity contribution >= 4 is 50.3 Å². The van der Waals surface area contributed by atoms with Crippen LogP contribution in [0.1, 0.15) is 16.1 Å². The summed E-state index contributed by atoms with van der Waals surface area (Å²) < 4.78 is 16.2. The molecule has 1 amide bonds. The molecule has 3 aromatic rings. The number of aliphatic carboxylic acids is 1. The minimum absolute atomic E-state index is 0.117. The van der Waals surface area contributed by atoms with E-state index in [1.54, 1.807) is 11.6 Å². The molecule has 0 aliphatic carbocycles. The molecule has 0 aliphatic rings. The summed E-state index contributed by atoms with van der Waals surface area (Å²) in [5.74, 6) is -2.42. The van der Waals surface area contributed by atoms with Crippen molar-refractivity contribution in [2.45, 2.75) is 12.5 Å². The van der Waals surface area contributed by atoms with Crippen LogP contribution >= 0.6 is 27.5 Å². The second kappa shape index (κ2) is 7.70. The Morgan fingerprint density at radius 3 is 2.67 bits per heavy atom. The van der Waals surface area contributed by atoms with Crippen molar-refractivity contribution in [3.05, 3.63) is 69.0 Å². The van der Waals surface area contributed by atoms with Crippen molar-refractivity contribution in [2.24, 2.45) is 7.05 Å². The van der Waals surface area contributed by atoms with Crippen molar-refractivity contribution in [2.75, 3.05) is 0 Å². The predicted molar refractivity (Wildman–Crippen MR) is 105 cm³/mol. The Morgan fingerprint density at radius 1 is 1.30 bits per heavy atom. The van der Waals surface area contributed by atoms with E-state index in [1.165, 1.54) is 18.2 Å². The van der Waals surface area contributed by atoms with E-state index >= 15 is 0 Å². The van der Waals surface area contributed by atoms with Gasteiger partial charge in [0, 0.05) is 29.4 Å². The summed E-state index contributed by atoms with van der Waals surface area (Å²) in [5.41, 5.74) is 1.22. The van der Waals surface area contributed by atoms with Crippen LogP contribution in [0, 0.1) is 5.82 Å². The maximum Gasteiger partial charge on any atom is 0.326 e. The van der Waals surface area contributed by atoms with Crippen molar-refractivity contribution in [1.29, 1.82) is 0 Å². The monoisotopic (exact) mass is 452 g/mol. The van der Waals surface area contributed by atoms with E-state index < -0.39 is 23.7 Å². The van der Waals surface area contributed by atoms with Crippen LogP contribution in [0.5, 0.6) is 0 Å². The summed E-state index contributed by atoms with van der Waals surface area (Å²) in [7, 11) is 1.72. The smallest absolute Gasteiger partial charge is 0.326 e. The maximum absolute atomic E-state index is 13.9. The van der Waals surface area contributed by atoms with Gasteiger partial charge in [0.1, 0.15) is 17.6 Å². The number of aromatic nitrogens is 1. The fourth-order valence-electron chi connectivity index (χ4n) is 2.95. The molecular weight excluding hydrogens is 439 g/mol. The second-order valence-corrected chi connectivity index (χ2v) is 7.27. The second-order valence-electron chi connectivity index (χ2n) is 6.04.